The molecule has 1 fully saturated rings. The highest BCUT2D eigenvalue weighted by molar-refractivity contribution is 7.11. The fourth-order valence-corrected chi connectivity index (χ4v) is 3.23. The molecule has 1 aromatic heterocycles. The molecule has 1 aromatic rings. The van der Waals surface area contributed by atoms with Crippen LogP contribution in [0.5, 0.6) is 0 Å². The van der Waals surface area contributed by atoms with Crippen molar-refractivity contribution in [3.63, 3.8) is 0 Å². The summed E-state index contributed by atoms with van der Waals surface area (Å²) in [4.78, 5) is 17.4. The summed E-state index contributed by atoms with van der Waals surface area (Å²) in [5, 5.41) is 4.10. The zero-order valence-electron chi connectivity index (χ0n) is 10.6. The first-order valence-corrected chi connectivity index (χ1v) is 7.23. The van der Waals surface area contributed by atoms with Crippen LogP contribution in [0.25, 0.3) is 0 Å². The molecule has 1 saturated carbocycles. The molecular formula is C13H20N2OS. The molecule has 1 heterocycles. The monoisotopic (exact) mass is 252 g/mol. The van der Waals surface area contributed by atoms with Gasteiger partial charge in [-0.1, -0.05) is 25.7 Å². The van der Waals surface area contributed by atoms with Crippen LogP contribution in [0.15, 0.2) is 0 Å². The molecule has 1 aliphatic carbocycles. The Morgan fingerprint density at radius 2 is 1.88 bits per heavy atom. The van der Waals surface area contributed by atoms with Crippen LogP contribution in [0.1, 0.15) is 58.9 Å². The first-order valence-electron chi connectivity index (χ1n) is 6.41. The largest absolute Gasteiger partial charge is 0.348 e. The molecule has 94 valence electrons. The first-order chi connectivity index (χ1) is 8.16. The minimum atomic E-state index is 0.0127. The van der Waals surface area contributed by atoms with Crippen molar-refractivity contribution in [2.24, 2.45) is 0 Å². The van der Waals surface area contributed by atoms with Crippen LogP contribution >= 0.6 is 11.3 Å². The second-order valence-electron chi connectivity index (χ2n) is 4.80. The van der Waals surface area contributed by atoms with Gasteiger partial charge in [0, 0.05) is 10.9 Å². The maximum Gasteiger partial charge on any atom is 0.271 e. The minimum Gasteiger partial charge on any atom is -0.348 e. The molecule has 0 saturated heterocycles. The molecule has 3 nitrogen and oxygen atoms in total. The predicted molar refractivity (Wildman–Crippen MR) is 70.5 cm³/mol. The van der Waals surface area contributed by atoms with Gasteiger partial charge in [-0.05, 0) is 26.7 Å². The van der Waals surface area contributed by atoms with Crippen molar-refractivity contribution in [2.75, 3.05) is 0 Å². The molecule has 2 rings (SSSR count). The summed E-state index contributed by atoms with van der Waals surface area (Å²) in [6, 6.07) is 0.353. The normalized spacial score (nSPS) is 17.8. The number of carbonyl (C=O) groups is 1. The van der Waals surface area contributed by atoms with Gasteiger partial charge in [0.15, 0.2) is 0 Å². The summed E-state index contributed by atoms with van der Waals surface area (Å²) in [7, 11) is 0. The zero-order valence-corrected chi connectivity index (χ0v) is 11.4. The lowest BCUT2D eigenvalue weighted by Crippen LogP contribution is -2.34. The van der Waals surface area contributed by atoms with E-state index in [4.69, 9.17) is 0 Å². The Hall–Kier alpha value is -0.900. The van der Waals surface area contributed by atoms with E-state index in [0.29, 0.717) is 11.7 Å². The molecule has 0 aromatic carbocycles. The second-order valence-corrected chi connectivity index (χ2v) is 6.21. The van der Waals surface area contributed by atoms with Crippen LogP contribution in [0.2, 0.25) is 0 Å². The van der Waals surface area contributed by atoms with E-state index < -0.39 is 0 Å². The van der Waals surface area contributed by atoms with Gasteiger partial charge in [0.1, 0.15) is 5.69 Å². The number of amides is 1. The number of nitrogens with one attached hydrogen (secondary N) is 1. The van der Waals surface area contributed by atoms with Crippen LogP contribution < -0.4 is 5.32 Å². The topological polar surface area (TPSA) is 42.0 Å². The molecule has 0 radical (unpaired) electrons. The lowest BCUT2D eigenvalue weighted by Gasteiger charge is -2.15. The molecule has 0 bridgehead atoms. The maximum atomic E-state index is 12.1. The van der Waals surface area contributed by atoms with Gasteiger partial charge in [-0.25, -0.2) is 4.98 Å². The number of nitrogens with zero attached hydrogens (tertiary/aromatic N) is 1. The Labute approximate surface area is 107 Å². The van der Waals surface area contributed by atoms with Crippen LogP contribution in [-0.4, -0.2) is 16.9 Å². The quantitative estimate of drug-likeness (QED) is 0.821. The molecular weight excluding hydrogens is 232 g/mol. The molecule has 1 aliphatic rings. The van der Waals surface area contributed by atoms with E-state index in [-0.39, 0.29) is 5.91 Å². The molecule has 0 atom stereocenters. The lowest BCUT2D eigenvalue weighted by atomic mass is 10.1. The summed E-state index contributed by atoms with van der Waals surface area (Å²) in [6.45, 7) is 3.91. The van der Waals surface area contributed by atoms with E-state index in [1.165, 1.54) is 25.7 Å². The van der Waals surface area contributed by atoms with Crippen molar-refractivity contribution < 1.29 is 4.79 Å². The van der Waals surface area contributed by atoms with E-state index in [2.05, 4.69) is 10.3 Å². The van der Waals surface area contributed by atoms with E-state index in [9.17, 15) is 4.79 Å². The summed E-state index contributed by atoms with van der Waals surface area (Å²) < 4.78 is 0. The van der Waals surface area contributed by atoms with Gasteiger partial charge in [-0.2, -0.15) is 0 Å². The van der Waals surface area contributed by atoms with Crippen molar-refractivity contribution in [1.29, 1.82) is 0 Å². The van der Waals surface area contributed by atoms with Gasteiger partial charge in [-0.3, -0.25) is 4.79 Å². The fraction of sp³-hybridized carbons (Fsp3) is 0.692. The third-order valence-corrected chi connectivity index (χ3v) is 4.20. The number of carbonyl (C=O) groups excluding carboxylic acids is 1. The Morgan fingerprint density at radius 3 is 2.41 bits per heavy atom. The number of hydrogen-bond acceptors (Lipinski definition) is 3. The maximum absolute atomic E-state index is 12.1. The van der Waals surface area contributed by atoms with Crippen molar-refractivity contribution in [2.45, 2.75) is 58.4 Å². The van der Waals surface area contributed by atoms with Crippen LogP contribution in [0.4, 0.5) is 0 Å². The number of thiazole rings is 1. The Kier molecular flexibility index (Phi) is 4.15. The fourth-order valence-electron chi connectivity index (χ4n) is 2.42. The molecule has 0 spiro atoms. The molecule has 17 heavy (non-hydrogen) atoms. The smallest absolute Gasteiger partial charge is 0.271 e. The van der Waals surface area contributed by atoms with Crippen LogP contribution in [-0.2, 0) is 0 Å². The third-order valence-electron chi connectivity index (χ3n) is 3.31. The Morgan fingerprint density at radius 1 is 1.24 bits per heavy atom. The number of aryl methyl sites for hydroxylation is 2. The van der Waals surface area contributed by atoms with Crippen LogP contribution in [0.3, 0.4) is 0 Å². The summed E-state index contributed by atoms with van der Waals surface area (Å²) in [5.41, 5.74) is 0.622. The minimum absolute atomic E-state index is 0.0127. The summed E-state index contributed by atoms with van der Waals surface area (Å²) in [5.74, 6) is 0.0127. The van der Waals surface area contributed by atoms with Gasteiger partial charge < -0.3 is 5.32 Å². The standard InChI is InChI=1S/C13H20N2OS/c1-9-12(14-10(2)17-9)13(16)15-11-7-5-3-4-6-8-11/h11H,3-8H2,1-2H3,(H,15,16). The van der Waals surface area contributed by atoms with E-state index in [1.807, 2.05) is 13.8 Å². The van der Waals surface area contributed by atoms with Crippen molar-refractivity contribution in [3.05, 3.63) is 15.6 Å². The van der Waals surface area contributed by atoms with Crippen molar-refractivity contribution in [1.82, 2.24) is 10.3 Å². The SMILES string of the molecule is Cc1nc(C(=O)NC2CCCCCC2)c(C)s1. The Bertz CT molecular complexity index is 392. The highest BCUT2D eigenvalue weighted by atomic mass is 32.1. The number of rotatable bonds is 2. The van der Waals surface area contributed by atoms with Crippen molar-refractivity contribution in [3.8, 4) is 0 Å². The van der Waals surface area contributed by atoms with Crippen LogP contribution in [0, 0.1) is 13.8 Å². The predicted octanol–water partition coefficient (Wildman–Crippen LogP) is 3.21. The second kappa shape index (κ2) is 5.63. The molecule has 0 unspecified atom stereocenters. The van der Waals surface area contributed by atoms with Gasteiger partial charge in [0.2, 0.25) is 0 Å². The average molecular weight is 252 g/mol. The van der Waals surface area contributed by atoms with Gasteiger partial charge in [0.05, 0.1) is 5.01 Å². The van der Waals surface area contributed by atoms with E-state index in [0.717, 1.165) is 22.7 Å². The highest BCUT2D eigenvalue weighted by Crippen LogP contribution is 2.19. The van der Waals surface area contributed by atoms with Crippen molar-refractivity contribution >= 4 is 17.2 Å². The van der Waals surface area contributed by atoms with E-state index in [1.54, 1.807) is 11.3 Å². The lowest BCUT2D eigenvalue weighted by molar-refractivity contribution is 0.0928. The van der Waals surface area contributed by atoms with Gasteiger partial charge in [0.25, 0.3) is 5.91 Å². The molecule has 1 N–H and O–H groups in total. The number of aromatic nitrogens is 1. The third kappa shape index (κ3) is 3.28. The summed E-state index contributed by atoms with van der Waals surface area (Å²) >= 11 is 1.59. The van der Waals surface area contributed by atoms with E-state index >= 15 is 0 Å². The number of hydrogen-bond donors (Lipinski definition) is 1. The molecule has 0 aliphatic heterocycles. The molecule has 4 heteroatoms. The summed E-state index contributed by atoms with van der Waals surface area (Å²) in [6.07, 6.45) is 7.32. The zero-order chi connectivity index (χ0) is 12.3. The van der Waals surface area contributed by atoms with Gasteiger partial charge >= 0.3 is 0 Å². The first kappa shape index (κ1) is 12.6. The van der Waals surface area contributed by atoms with Gasteiger partial charge in [-0.15, -0.1) is 11.3 Å². The average Bonchev–Trinajstić information content (AvgIpc) is 2.51. The highest BCUT2D eigenvalue weighted by Gasteiger charge is 2.19. The molecule has 1 amide bonds. The Balaban J connectivity index is 1.98.